The van der Waals surface area contributed by atoms with E-state index in [0.717, 1.165) is 17.3 Å². The van der Waals surface area contributed by atoms with Crippen molar-refractivity contribution in [2.24, 2.45) is 23.7 Å². The Bertz CT molecular complexity index is 975. The van der Waals surface area contributed by atoms with Crippen molar-refractivity contribution in [3.8, 4) is 0 Å². The van der Waals surface area contributed by atoms with E-state index in [4.69, 9.17) is 0 Å². The van der Waals surface area contributed by atoms with Crippen molar-refractivity contribution in [1.29, 1.82) is 0 Å². The first-order valence-electron chi connectivity index (χ1n) is 9.98. The van der Waals surface area contributed by atoms with Crippen molar-refractivity contribution in [3.63, 3.8) is 0 Å². The molecule has 1 aliphatic heterocycles. The molecular weight excluding hydrogens is 432 g/mol. The third-order valence-corrected chi connectivity index (χ3v) is 7.29. The summed E-state index contributed by atoms with van der Waals surface area (Å²) in [6.07, 6.45) is 1.89. The smallest absolute Gasteiger partial charge is 0.244 e. The van der Waals surface area contributed by atoms with Crippen LogP contribution in [0.25, 0.3) is 0 Å². The van der Waals surface area contributed by atoms with Gasteiger partial charge in [0, 0.05) is 10.2 Å². The number of halogens is 1. The van der Waals surface area contributed by atoms with E-state index in [2.05, 4.69) is 33.4 Å². The monoisotopic (exact) mass is 452 g/mol. The number of fused-ring (bicyclic) bond motifs is 5. The van der Waals surface area contributed by atoms with Crippen LogP contribution >= 0.6 is 15.9 Å². The lowest BCUT2D eigenvalue weighted by Crippen LogP contribution is -2.39. The van der Waals surface area contributed by atoms with Crippen LogP contribution < -0.4 is 5.32 Å². The van der Waals surface area contributed by atoms with Crippen LogP contribution in [0.2, 0.25) is 0 Å². The predicted octanol–water partition coefficient (Wildman–Crippen LogP) is 3.81. The molecule has 29 heavy (non-hydrogen) atoms. The van der Waals surface area contributed by atoms with E-state index in [1.807, 2.05) is 30.3 Å². The van der Waals surface area contributed by atoms with E-state index in [-0.39, 0.29) is 47.9 Å². The van der Waals surface area contributed by atoms with Gasteiger partial charge in [0.05, 0.1) is 11.8 Å². The van der Waals surface area contributed by atoms with E-state index < -0.39 is 0 Å². The van der Waals surface area contributed by atoms with E-state index in [1.54, 1.807) is 12.1 Å². The third-order valence-electron chi connectivity index (χ3n) is 6.76. The molecule has 0 spiro atoms. The standard InChI is InChI=1S/C23H21BrN2O3/c24-15-6-8-16(9-7-15)25-19(27)12-26-22(28)20-14-10-17(13-4-2-1-3-5-13)18(11-14)21(20)23(26)29/h1-9,14,17-18,20-21H,10-12H2,(H,25,27)/t14-,17+,18+,20+,21+/m0/s1. The fourth-order valence-electron chi connectivity index (χ4n) is 5.64. The first kappa shape index (κ1) is 18.6. The number of likely N-dealkylation sites (tertiary alicyclic amines) is 1. The molecule has 2 saturated carbocycles. The normalized spacial score (nSPS) is 30.0. The van der Waals surface area contributed by atoms with Gasteiger partial charge in [0.15, 0.2) is 0 Å². The van der Waals surface area contributed by atoms with Crippen LogP contribution in [-0.2, 0) is 14.4 Å². The zero-order valence-corrected chi connectivity index (χ0v) is 17.3. The van der Waals surface area contributed by atoms with Crippen LogP contribution in [0.1, 0.15) is 24.3 Å². The molecule has 1 saturated heterocycles. The van der Waals surface area contributed by atoms with Crippen LogP contribution in [0.3, 0.4) is 0 Å². The van der Waals surface area contributed by atoms with Gasteiger partial charge in [0.1, 0.15) is 6.54 Å². The Hall–Kier alpha value is -2.47. The highest BCUT2D eigenvalue weighted by Crippen LogP contribution is 2.61. The van der Waals surface area contributed by atoms with Gasteiger partial charge in [-0.2, -0.15) is 0 Å². The second-order valence-electron chi connectivity index (χ2n) is 8.28. The highest BCUT2D eigenvalue weighted by molar-refractivity contribution is 9.10. The van der Waals surface area contributed by atoms with Crippen LogP contribution in [0.15, 0.2) is 59.1 Å². The van der Waals surface area contributed by atoms with Gasteiger partial charge in [-0.1, -0.05) is 46.3 Å². The van der Waals surface area contributed by atoms with E-state index in [1.165, 1.54) is 10.5 Å². The summed E-state index contributed by atoms with van der Waals surface area (Å²) in [5, 5.41) is 2.77. The highest BCUT2D eigenvalue weighted by atomic mass is 79.9. The lowest BCUT2D eigenvalue weighted by molar-refractivity contribution is -0.143. The molecule has 3 amide bonds. The summed E-state index contributed by atoms with van der Waals surface area (Å²) < 4.78 is 0.914. The summed E-state index contributed by atoms with van der Waals surface area (Å²) in [5.41, 5.74) is 1.90. The van der Waals surface area contributed by atoms with Crippen LogP contribution in [0.4, 0.5) is 5.69 Å². The molecule has 1 heterocycles. The maximum absolute atomic E-state index is 13.1. The Morgan fingerprint density at radius 2 is 1.66 bits per heavy atom. The first-order chi connectivity index (χ1) is 14.0. The molecule has 148 valence electrons. The molecule has 0 unspecified atom stereocenters. The Kier molecular flexibility index (Phi) is 4.54. The number of carbonyl (C=O) groups is 3. The van der Waals surface area contributed by atoms with Gasteiger partial charge in [0.25, 0.3) is 0 Å². The molecule has 2 aromatic rings. The number of imide groups is 1. The molecule has 0 aromatic heterocycles. The molecule has 0 radical (unpaired) electrons. The number of hydrogen-bond donors (Lipinski definition) is 1. The minimum Gasteiger partial charge on any atom is -0.325 e. The van der Waals surface area contributed by atoms with Crippen LogP contribution in [0, 0.1) is 23.7 Å². The average molecular weight is 453 g/mol. The molecule has 5 nitrogen and oxygen atoms in total. The Balaban J connectivity index is 1.31. The Labute approximate surface area is 177 Å². The van der Waals surface area contributed by atoms with Gasteiger partial charge in [-0.25, -0.2) is 0 Å². The molecular formula is C23H21BrN2O3. The predicted molar refractivity (Wildman–Crippen MR) is 112 cm³/mol. The molecule has 5 atom stereocenters. The van der Waals surface area contributed by atoms with Crippen molar-refractivity contribution in [3.05, 3.63) is 64.6 Å². The van der Waals surface area contributed by atoms with Crippen molar-refractivity contribution in [2.45, 2.75) is 18.8 Å². The van der Waals surface area contributed by atoms with Crippen LogP contribution in [0.5, 0.6) is 0 Å². The number of amides is 3. The second-order valence-corrected chi connectivity index (χ2v) is 9.20. The summed E-state index contributed by atoms with van der Waals surface area (Å²) in [4.78, 5) is 39.7. The number of carbonyl (C=O) groups excluding carboxylic acids is 3. The van der Waals surface area contributed by atoms with Gasteiger partial charge in [-0.15, -0.1) is 0 Å². The SMILES string of the molecule is O=C(CN1C(=O)[C@@H]2[C@@H]3C[C@@H]([C@H]2C1=O)[C@@H](c1ccccc1)C3)Nc1ccc(Br)cc1. The van der Waals surface area contributed by atoms with Gasteiger partial charge >= 0.3 is 0 Å². The van der Waals surface area contributed by atoms with Gasteiger partial charge in [-0.3, -0.25) is 19.3 Å². The van der Waals surface area contributed by atoms with Gasteiger partial charge in [-0.05, 0) is 60.4 Å². The third kappa shape index (κ3) is 3.10. The average Bonchev–Trinajstić information content (AvgIpc) is 3.38. The number of benzene rings is 2. The van der Waals surface area contributed by atoms with E-state index in [9.17, 15) is 14.4 Å². The van der Waals surface area contributed by atoms with Crippen LogP contribution in [-0.4, -0.2) is 29.2 Å². The summed E-state index contributed by atoms with van der Waals surface area (Å²) in [6, 6.07) is 17.5. The van der Waals surface area contributed by atoms with Crippen molar-refractivity contribution in [1.82, 2.24) is 4.90 Å². The quantitative estimate of drug-likeness (QED) is 0.717. The highest BCUT2D eigenvalue weighted by Gasteiger charge is 2.63. The molecule has 2 aliphatic carbocycles. The fraction of sp³-hybridized carbons (Fsp3) is 0.348. The Morgan fingerprint density at radius 1 is 0.966 bits per heavy atom. The number of hydrogen-bond acceptors (Lipinski definition) is 3. The molecule has 3 aliphatic rings. The summed E-state index contributed by atoms with van der Waals surface area (Å²) >= 11 is 3.35. The maximum Gasteiger partial charge on any atom is 0.244 e. The minimum absolute atomic E-state index is 0.162. The summed E-state index contributed by atoms with van der Waals surface area (Å²) in [6.45, 7) is -0.212. The van der Waals surface area contributed by atoms with Gasteiger partial charge in [0.2, 0.25) is 17.7 Å². The van der Waals surface area contributed by atoms with Gasteiger partial charge < -0.3 is 5.32 Å². The number of anilines is 1. The fourth-order valence-corrected chi connectivity index (χ4v) is 5.90. The zero-order chi connectivity index (χ0) is 20.1. The summed E-state index contributed by atoms with van der Waals surface area (Å²) in [5.74, 6) is -0.421. The molecule has 5 rings (SSSR count). The summed E-state index contributed by atoms with van der Waals surface area (Å²) in [7, 11) is 0. The van der Waals surface area contributed by atoms with E-state index >= 15 is 0 Å². The van der Waals surface area contributed by atoms with Crippen molar-refractivity contribution in [2.75, 3.05) is 11.9 Å². The second kappa shape index (κ2) is 7.10. The zero-order valence-electron chi connectivity index (χ0n) is 15.8. The lowest BCUT2D eigenvalue weighted by Gasteiger charge is -2.28. The number of nitrogens with zero attached hydrogens (tertiary/aromatic N) is 1. The van der Waals surface area contributed by atoms with Crippen molar-refractivity contribution < 1.29 is 14.4 Å². The maximum atomic E-state index is 13.1. The topological polar surface area (TPSA) is 66.5 Å². The molecule has 3 fully saturated rings. The number of nitrogens with one attached hydrogen (secondary N) is 1. The molecule has 6 heteroatoms. The largest absolute Gasteiger partial charge is 0.325 e. The number of rotatable bonds is 4. The molecule has 1 N–H and O–H groups in total. The molecule has 2 bridgehead atoms. The Morgan fingerprint density at radius 3 is 2.38 bits per heavy atom. The van der Waals surface area contributed by atoms with E-state index in [0.29, 0.717) is 11.6 Å². The minimum atomic E-state index is -0.346. The van der Waals surface area contributed by atoms with Crippen molar-refractivity contribution >= 4 is 39.3 Å². The molecule has 2 aromatic carbocycles. The first-order valence-corrected chi connectivity index (χ1v) is 10.8. The lowest BCUT2D eigenvalue weighted by atomic mass is 9.73.